The molecule has 0 saturated heterocycles. The van der Waals surface area contributed by atoms with Gasteiger partial charge in [-0.1, -0.05) is 11.6 Å². The molecule has 1 rings (SSSR count). The molecule has 5 nitrogen and oxygen atoms in total. The fourth-order valence-electron chi connectivity index (χ4n) is 1.52. The molecule has 1 aromatic rings. The SMILES string of the molecule is COc1ccc(NC(=O)NCCCN(C)C)cc1Cl. The minimum Gasteiger partial charge on any atom is -0.495 e. The minimum atomic E-state index is -0.236. The monoisotopic (exact) mass is 285 g/mol. The molecular formula is C13H20ClN3O2. The second-order valence-electron chi connectivity index (χ2n) is 4.39. The van der Waals surface area contributed by atoms with Crippen molar-refractivity contribution in [2.45, 2.75) is 6.42 Å². The van der Waals surface area contributed by atoms with E-state index >= 15 is 0 Å². The maximum Gasteiger partial charge on any atom is 0.319 e. The Hall–Kier alpha value is -1.46. The topological polar surface area (TPSA) is 53.6 Å². The lowest BCUT2D eigenvalue weighted by atomic mass is 10.3. The molecule has 0 saturated carbocycles. The van der Waals surface area contributed by atoms with E-state index in [1.54, 1.807) is 25.3 Å². The quantitative estimate of drug-likeness (QED) is 0.789. The van der Waals surface area contributed by atoms with Crippen LogP contribution in [0.3, 0.4) is 0 Å². The molecule has 0 aliphatic rings. The standard InChI is InChI=1S/C13H20ClN3O2/c1-17(2)8-4-7-15-13(18)16-10-5-6-12(19-3)11(14)9-10/h5-6,9H,4,7-8H2,1-3H3,(H2,15,16,18). The predicted octanol–water partition coefficient (Wildman–Crippen LogP) is 2.42. The molecule has 2 amide bonds. The summed E-state index contributed by atoms with van der Waals surface area (Å²) >= 11 is 5.97. The van der Waals surface area contributed by atoms with Crippen molar-refractivity contribution in [3.63, 3.8) is 0 Å². The number of halogens is 1. The van der Waals surface area contributed by atoms with Gasteiger partial charge in [-0.2, -0.15) is 0 Å². The maximum atomic E-state index is 11.6. The Morgan fingerprint density at radius 3 is 2.74 bits per heavy atom. The number of hydrogen-bond acceptors (Lipinski definition) is 3. The molecule has 0 aliphatic heterocycles. The van der Waals surface area contributed by atoms with E-state index in [9.17, 15) is 4.79 Å². The Balaban J connectivity index is 2.38. The Kier molecular flexibility index (Phi) is 6.45. The summed E-state index contributed by atoms with van der Waals surface area (Å²) < 4.78 is 5.04. The van der Waals surface area contributed by atoms with Gasteiger partial charge in [-0.25, -0.2) is 4.79 Å². The minimum absolute atomic E-state index is 0.236. The van der Waals surface area contributed by atoms with E-state index in [0.29, 0.717) is 23.0 Å². The first-order valence-corrected chi connectivity index (χ1v) is 6.44. The molecule has 0 unspecified atom stereocenters. The van der Waals surface area contributed by atoms with Crippen LogP contribution in [0.2, 0.25) is 5.02 Å². The molecule has 1 aromatic carbocycles. The highest BCUT2D eigenvalue weighted by molar-refractivity contribution is 6.32. The van der Waals surface area contributed by atoms with Crippen LogP contribution in [0.5, 0.6) is 5.75 Å². The van der Waals surface area contributed by atoms with E-state index in [4.69, 9.17) is 16.3 Å². The van der Waals surface area contributed by atoms with E-state index < -0.39 is 0 Å². The van der Waals surface area contributed by atoms with Gasteiger partial charge in [0.25, 0.3) is 0 Å². The number of benzene rings is 1. The van der Waals surface area contributed by atoms with E-state index in [1.165, 1.54) is 0 Å². The highest BCUT2D eigenvalue weighted by Crippen LogP contribution is 2.26. The van der Waals surface area contributed by atoms with Gasteiger partial charge in [-0.15, -0.1) is 0 Å². The number of nitrogens with one attached hydrogen (secondary N) is 2. The first kappa shape index (κ1) is 15.6. The van der Waals surface area contributed by atoms with Crippen LogP contribution < -0.4 is 15.4 Å². The van der Waals surface area contributed by atoms with Crippen molar-refractivity contribution in [2.75, 3.05) is 39.6 Å². The van der Waals surface area contributed by atoms with Crippen LogP contribution in [0, 0.1) is 0 Å². The van der Waals surface area contributed by atoms with Crippen molar-refractivity contribution in [3.05, 3.63) is 23.2 Å². The Morgan fingerprint density at radius 2 is 2.16 bits per heavy atom. The van der Waals surface area contributed by atoms with Gasteiger partial charge in [-0.05, 0) is 45.3 Å². The molecule has 106 valence electrons. The fourth-order valence-corrected chi connectivity index (χ4v) is 1.77. The lowest BCUT2D eigenvalue weighted by Crippen LogP contribution is -2.31. The van der Waals surface area contributed by atoms with Gasteiger partial charge in [-0.3, -0.25) is 0 Å². The molecule has 19 heavy (non-hydrogen) atoms. The van der Waals surface area contributed by atoms with Crippen LogP contribution in [0.15, 0.2) is 18.2 Å². The highest BCUT2D eigenvalue weighted by Gasteiger charge is 2.05. The molecule has 0 aliphatic carbocycles. The summed E-state index contributed by atoms with van der Waals surface area (Å²) in [5.74, 6) is 0.582. The van der Waals surface area contributed by atoms with Gasteiger partial charge < -0.3 is 20.3 Å². The van der Waals surface area contributed by atoms with Gasteiger partial charge >= 0.3 is 6.03 Å². The van der Waals surface area contributed by atoms with Crippen LogP contribution in [0.1, 0.15) is 6.42 Å². The first-order valence-electron chi connectivity index (χ1n) is 6.06. The summed E-state index contributed by atoms with van der Waals surface area (Å²) in [6.45, 7) is 1.57. The molecule has 6 heteroatoms. The number of hydrogen-bond donors (Lipinski definition) is 2. The normalized spacial score (nSPS) is 10.4. The van der Waals surface area contributed by atoms with E-state index in [0.717, 1.165) is 13.0 Å². The van der Waals surface area contributed by atoms with Crippen molar-refractivity contribution < 1.29 is 9.53 Å². The zero-order valence-electron chi connectivity index (χ0n) is 11.5. The van der Waals surface area contributed by atoms with E-state index in [1.807, 2.05) is 14.1 Å². The molecule has 0 heterocycles. The molecule has 0 spiro atoms. The molecule has 2 N–H and O–H groups in total. The number of anilines is 1. The second-order valence-corrected chi connectivity index (χ2v) is 4.79. The largest absolute Gasteiger partial charge is 0.495 e. The summed E-state index contributed by atoms with van der Waals surface area (Å²) in [4.78, 5) is 13.7. The maximum absolute atomic E-state index is 11.6. The van der Waals surface area contributed by atoms with E-state index in [-0.39, 0.29) is 6.03 Å². The summed E-state index contributed by atoms with van der Waals surface area (Å²) in [6.07, 6.45) is 0.907. The molecule has 0 radical (unpaired) electrons. The number of methoxy groups -OCH3 is 1. The first-order chi connectivity index (χ1) is 9.02. The molecule has 0 bridgehead atoms. The Bertz CT molecular complexity index is 424. The number of rotatable bonds is 6. The van der Waals surface area contributed by atoms with Crippen molar-refractivity contribution >= 4 is 23.3 Å². The molecule has 0 aromatic heterocycles. The predicted molar refractivity (Wildman–Crippen MR) is 78.2 cm³/mol. The van der Waals surface area contributed by atoms with Crippen LogP contribution in [-0.2, 0) is 0 Å². The lowest BCUT2D eigenvalue weighted by molar-refractivity contribution is 0.251. The molecule has 0 atom stereocenters. The number of urea groups is 1. The van der Waals surface area contributed by atoms with Gasteiger partial charge in [0.2, 0.25) is 0 Å². The number of ether oxygens (including phenoxy) is 1. The molecule has 0 fully saturated rings. The van der Waals surface area contributed by atoms with Crippen molar-refractivity contribution in [2.24, 2.45) is 0 Å². The van der Waals surface area contributed by atoms with Gasteiger partial charge in [0.05, 0.1) is 12.1 Å². The fraction of sp³-hybridized carbons (Fsp3) is 0.462. The summed E-state index contributed by atoms with van der Waals surface area (Å²) in [5.41, 5.74) is 0.635. The third kappa shape index (κ3) is 5.81. The van der Waals surface area contributed by atoms with Crippen LogP contribution in [-0.4, -0.2) is 45.2 Å². The van der Waals surface area contributed by atoms with Crippen LogP contribution in [0.4, 0.5) is 10.5 Å². The smallest absolute Gasteiger partial charge is 0.319 e. The zero-order valence-corrected chi connectivity index (χ0v) is 12.3. The van der Waals surface area contributed by atoms with Crippen molar-refractivity contribution in [3.8, 4) is 5.75 Å². The number of carbonyl (C=O) groups is 1. The highest BCUT2D eigenvalue weighted by atomic mass is 35.5. The van der Waals surface area contributed by atoms with Gasteiger partial charge in [0.15, 0.2) is 0 Å². The average molecular weight is 286 g/mol. The third-order valence-electron chi connectivity index (χ3n) is 2.48. The second kappa shape index (κ2) is 7.86. The average Bonchev–Trinajstić information content (AvgIpc) is 2.35. The van der Waals surface area contributed by atoms with Gasteiger partial charge in [0, 0.05) is 12.2 Å². The van der Waals surface area contributed by atoms with Crippen molar-refractivity contribution in [1.29, 1.82) is 0 Å². The Labute approximate surface area is 118 Å². The van der Waals surface area contributed by atoms with Crippen LogP contribution in [0.25, 0.3) is 0 Å². The third-order valence-corrected chi connectivity index (χ3v) is 2.77. The Morgan fingerprint density at radius 1 is 1.42 bits per heavy atom. The summed E-state index contributed by atoms with van der Waals surface area (Å²) in [5, 5.41) is 5.97. The van der Waals surface area contributed by atoms with Gasteiger partial charge in [0.1, 0.15) is 5.75 Å². The summed E-state index contributed by atoms with van der Waals surface area (Å²) in [6, 6.07) is 4.87. The van der Waals surface area contributed by atoms with Crippen molar-refractivity contribution in [1.82, 2.24) is 10.2 Å². The molecular weight excluding hydrogens is 266 g/mol. The number of nitrogens with zero attached hydrogens (tertiary/aromatic N) is 1. The number of amides is 2. The summed E-state index contributed by atoms with van der Waals surface area (Å²) in [7, 11) is 5.55. The lowest BCUT2D eigenvalue weighted by Gasteiger charge is -2.11. The number of carbonyl (C=O) groups excluding carboxylic acids is 1. The zero-order chi connectivity index (χ0) is 14.3. The van der Waals surface area contributed by atoms with E-state index in [2.05, 4.69) is 15.5 Å². The van der Waals surface area contributed by atoms with Crippen LogP contribution >= 0.6 is 11.6 Å².